The molecule has 1 aliphatic rings. The lowest BCUT2D eigenvalue weighted by Gasteiger charge is -2.16. The number of benzene rings is 2. The second-order valence-corrected chi connectivity index (χ2v) is 8.75. The van der Waals surface area contributed by atoms with Gasteiger partial charge in [0.05, 0.1) is 24.2 Å². The van der Waals surface area contributed by atoms with Crippen LogP contribution in [0.2, 0.25) is 10.0 Å². The van der Waals surface area contributed by atoms with Crippen molar-refractivity contribution in [1.29, 1.82) is 0 Å². The molecule has 0 spiro atoms. The molecular weight excluding hydrogens is 457 g/mol. The van der Waals surface area contributed by atoms with Gasteiger partial charge in [0.2, 0.25) is 0 Å². The van der Waals surface area contributed by atoms with Gasteiger partial charge < -0.3 is 9.47 Å². The Hall–Kier alpha value is -2.15. The zero-order chi connectivity index (χ0) is 22.5. The van der Waals surface area contributed by atoms with Crippen molar-refractivity contribution in [1.82, 2.24) is 4.90 Å². The Morgan fingerprint density at radius 2 is 1.81 bits per heavy atom. The first kappa shape index (κ1) is 23.5. The molecule has 1 aliphatic heterocycles. The number of nitrogens with zero attached hydrogens (tertiary/aromatic N) is 1. The molecule has 0 N–H and O–H groups in total. The molecule has 8 heteroatoms. The number of hydrogen-bond acceptors (Lipinski definition) is 5. The third-order valence-corrected chi connectivity index (χ3v) is 6.34. The van der Waals surface area contributed by atoms with Crippen molar-refractivity contribution in [3.05, 3.63) is 62.5 Å². The van der Waals surface area contributed by atoms with Crippen molar-refractivity contribution >= 4 is 52.2 Å². The Balaban J connectivity index is 1.84. The molecule has 0 radical (unpaired) electrons. The van der Waals surface area contributed by atoms with Crippen LogP contribution in [0.1, 0.15) is 38.3 Å². The first-order chi connectivity index (χ1) is 14.8. The van der Waals surface area contributed by atoms with Crippen molar-refractivity contribution in [3.8, 4) is 11.5 Å². The van der Waals surface area contributed by atoms with Crippen LogP contribution in [0.5, 0.6) is 11.5 Å². The quantitative estimate of drug-likeness (QED) is 0.389. The summed E-state index contributed by atoms with van der Waals surface area (Å²) in [5.41, 5.74) is 1.28. The number of halogens is 2. The van der Waals surface area contributed by atoms with Crippen LogP contribution in [-0.2, 0) is 11.3 Å². The van der Waals surface area contributed by atoms with Crippen molar-refractivity contribution in [2.45, 2.75) is 39.8 Å². The number of hydrogen-bond donors (Lipinski definition) is 0. The molecule has 0 bridgehead atoms. The van der Waals surface area contributed by atoms with Crippen molar-refractivity contribution < 1.29 is 19.1 Å². The summed E-state index contributed by atoms with van der Waals surface area (Å²) in [5, 5.41) is 0.455. The van der Waals surface area contributed by atoms with Gasteiger partial charge in [-0.05, 0) is 67.9 Å². The lowest BCUT2D eigenvalue weighted by molar-refractivity contribution is -0.123. The van der Waals surface area contributed by atoms with Gasteiger partial charge in [-0.1, -0.05) is 42.3 Å². The summed E-state index contributed by atoms with van der Waals surface area (Å²) in [6.07, 6.45) is 2.60. The first-order valence-electron chi connectivity index (χ1n) is 9.95. The molecule has 3 rings (SSSR count). The summed E-state index contributed by atoms with van der Waals surface area (Å²) in [4.78, 5) is 26.8. The second-order valence-electron chi connectivity index (χ2n) is 6.94. The van der Waals surface area contributed by atoms with Gasteiger partial charge in [0.1, 0.15) is 0 Å². The maximum atomic E-state index is 12.9. The molecule has 2 aromatic carbocycles. The summed E-state index contributed by atoms with van der Waals surface area (Å²) in [7, 11) is 0. The van der Waals surface area contributed by atoms with Gasteiger partial charge >= 0.3 is 0 Å². The van der Waals surface area contributed by atoms with Crippen LogP contribution in [0.4, 0.5) is 4.79 Å². The number of carbonyl (C=O) groups is 2. The Bertz CT molecular complexity index is 1000. The fourth-order valence-electron chi connectivity index (χ4n) is 2.91. The summed E-state index contributed by atoms with van der Waals surface area (Å²) in [5.74, 6) is 0.859. The largest absolute Gasteiger partial charge is 0.490 e. The molecule has 1 unspecified atom stereocenters. The Morgan fingerprint density at radius 1 is 1.10 bits per heavy atom. The average Bonchev–Trinajstić information content (AvgIpc) is 2.99. The van der Waals surface area contributed by atoms with Crippen molar-refractivity contribution in [3.63, 3.8) is 0 Å². The molecule has 1 heterocycles. The smallest absolute Gasteiger partial charge is 0.293 e. The van der Waals surface area contributed by atoms with E-state index in [0.717, 1.165) is 28.6 Å². The molecule has 1 fully saturated rings. The molecule has 5 nitrogen and oxygen atoms in total. The number of carbonyl (C=O) groups excluding carboxylic acids is 2. The van der Waals surface area contributed by atoms with Gasteiger partial charge in [-0.2, -0.15) is 0 Å². The molecule has 1 atom stereocenters. The molecule has 0 aliphatic carbocycles. The number of thioether (sulfide) groups is 1. The van der Waals surface area contributed by atoms with Gasteiger partial charge in [-0.3, -0.25) is 14.5 Å². The zero-order valence-electron chi connectivity index (χ0n) is 17.5. The normalized spacial score (nSPS) is 16.2. The number of ether oxygens (including phenoxy) is 2. The van der Waals surface area contributed by atoms with Crippen LogP contribution in [0.25, 0.3) is 6.08 Å². The summed E-state index contributed by atoms with van der Waals surface area (Å²) >= 11 is 13.3. The predicted octanol–water partition coefficient (Wildman–Crippen LogP) is 6.81. The van der Waals surface area contributed by atoms with Gasteiger partial charge in [0, 0.05) is 15.6 Å². The maximum absolute atomic E-state index is 12.9. The zero-order valence-corrected chi connectivity index (χ0v) is 19.8. The molecule has 0 aromatic heterocycles. The monoisotopic (exact) mass is 479 g/mol. The minimum absolute atomic E-state index is 0.0202. The number of amides is 2. The third-order valence-electron chi connectivity index (χ3n) is 4.72. The van der Waals surface area contributed by atoms with Crippen LogP contribution in [-0.4, -0.2) is 28.8 Å². The SMILES string of the molecule is CCOc1cc(/C=C2/SC(=O)N(Cc3c(Cl)cccc3Cl)C2=O)ccc1OC(C)CC. The highest BCUT2D eigenvalue weighted by molar-refractivity contribution is 8.18. The number of imide groups is 1. The van der Waals surface area contributed by atoms with Gasteiger partial charge in [0.15, 0.2) is 11.5 Å². The molecule has 2 amide bonds. The molecule has 2 aromatic rings. The lowest BCUT2D eigenvalue weighted by atomic mass is 10.1. The van der Waals surface area contributed by atoms with E-state index >= 15 is 0 Å². The molecular formula is C23H23Cl2NO4S. The van der Waals surface area contributed by atoms with Crippen LogP contribution in [0.3, 0.4) is 0 Å². The predicted molar refractivity (Wildman–Crippen MR) is 126 cm³/mol. The summed E-state index contributed by atoms with van der Waals surface area (Å²) in [6.45, 7) is 6.43. The molecule has 31 heavy (non-hydrogen) atoms. The Labute approximate surface area is 196 Å². The topological polar surface area (TPSA) is 55.8 Å². The molecule has 164 valence electrons. The molecule has 1 saturated heterocycles. The van der Waals surface area contributed by atoms with E-state index in [4.69, 9.17) is 32.7 Å². The van der Waals surface area contributed by atoms with Gasteiger partial charge in [0.25, 0.3) is 11.1 Å². The van der Waals surface area contributed by atoms with E-state index in [1.807, 2.05) is 32.9 Å². The maximum Gasteiger partial charge on any atom is 0.293 e. The fraction of sp³-hybridized carbons (Fsp3) is 0.304. The second kappa shape index (κ2) is 10.4. The van der Waals surface area contributed by atoms with E-state index in [1.165, 1.54) is 0 Å². The van der Waals surface area contributed by atoms with E-state index in [0.29, 0.717) is 38.6 Å². The standard InChI is InChI=1S/C23H23Cl2NO4S/c1-4-14(3)30-19-10-9-15(11-20(19)29-5-2)12-21-22(27)26(23(28)31-21)13-16-17(24)7-6-8-18(16)25/h6-12,14H,4-5,13H2,1-3H3/b21-12+. The van der Waals surface area contributed by atoms with Crippen LogP contribution in [0, 0.1) is 0 Å². The van der Waals surface area contributed by atoms with Crippen molar-refractivity contribution in [2.75, 3.05) is 6.61 Å². The van der Waals surface area contributed by atoms with E-state index in [2.05, 4.69) is 0 Å². The average molecular weight is 480 g/mol. The summed E-state index contributed by atoms with van der Waals surface area (Å²) in [6, 6.07) is 10.5. The number of rotatable bonds is 8. The highest BCUT2D eigenvalue weighted by atomic mass is 35.5. The highest BCUT2D eigenvalue weighted by Crippen LogP contribution is 2.37. The van der Waals surface area contributed by atoms with Gasteiger partial charge in [-0.25, -0.2) is 0 Å². The van der Waals surface area contributed by atoms with Gasteiger partial charge in [-0.15, -0.1) is 0 Å². The van der Waals surface area contributed by atoms with Crippen molar-refractivity contribution in [2.24, 2.45) is 0 Å². The van der Waals surface area contributed by atoms with E-state index in [1.54, 1.807) is 30.3 Å². The highest BCUT2D eigenvalue weighted by Gasteiger charge is 2.35. The van der Waals surface area contributed by atoms with E-state index in [9.17, 15) is 9.59 Å². The molecule has 0 saturated carbocycles. The van der Waals surface area contributed by atoms with Crippen LogP contribution >= 0.6 is 35.0 Å². The van der Waals surface area contributed by atoms with Crippen LogP contribution < -0.4 is 9.47 Å². The van der Waals surface area contributed by atoms with E-state index < -0.39 is 0 Å². The van der Waals surface area contributed by atoms with E-state index in [-0.39, 0.29) is 23.8 Å². The Kier molecular flexibility index (Phi) is 7.92. The lowest BCUT2D eigenvalue weighted by Crippen LogP contribution is -2.27. The first-order valence-corrected chi connectivity index (χ1v) is 11.5. The minimum atomic E-state index is -0.385. The Morgan fingerprint density at radius 3 is 2.45 bits per heavy atom. The minimum Gasteiger partial charge on any atom is -0.490 e. The fourth-order valence-corrected chi connectivity index (χ4v) is 4.26. The third kappa shape index (κ3) is 5.56. The van der Waals surface area contributed by atoms with Crippen LogP contribution in [0.15, 0.2) is 41.3 Å². The summed E-state index contributed by atoms with van der Waals surface area (Å²) < 4.78 is 11.6.